The topological polar surface area (TPSA) is 94.2 Å². The fraction of sp³-hybridized carbons (Fsp3) is 0.160. The lowest BCUT2D eigenvalue weighted by molar-refractivity contribution is -0.122. The van der Waals surface area contributed by atoms with E-state index in [4.69, 9.17) is 14.2 Å². The van der Waals surface area contributed by atoms with E-state index in [9.17, 15) is 13.2 Å². The molecule has 9 heteroatoms. The summed E-state index contributed by atoms with van der Waals surface area (Å²) in [6, 6.07) is 19.6. The first-order valence-electron chi connectivity index (χ1n) is 10.5. The van der Waals surface area contributed by atoms with E-state index in [1.54, 1.807) is 66.7 Å². The third kappa shape index (κ3) is 4.84. The summed E-state index contributed by atoms with van der Waals surface area (Å²) in [7, 11) is -2.45. The van der Waals surface area contributed by atoms with Gasteiger partial charge in [-0.15, -0.1) is 0 Å². The summed E-state index contributed by atoms with van der Waals surface area (Å²) in [6.45, 7) is 3.79. The number of nitrogens with one attached hydrogen (secondary N) is 1. The Balaban J connectivity index is 1.57. The summed E-state index contributed by atoms with van der Waals surface area (Å²) < 4.78 is 44.6. The molecule has 0 aliphatic carbocycles. The van der Waals surface area contributed by atoms with Crippen LogP contribution in [0.5, 0.6) is 17.2 Å². The number of amides is 1. The number of carbonyl (C=O) groups is 1. The monoisotopic (exact) mass is 480 g/mol. The molecule has 3 aromatic carbocycles. The zero-order chi connectivity index (χ0) is 24.1. The number of benzene rings is 3. The smallest absolute Gasteiger partial charge is 0.267 e. The minimum atomic E-state index is -3.96. The molecule has 0 saturated heterocycles. The SMILES string of the molecule is C=CCOc1ccc(NC(=O)[C@@H]2CN(S(=O)(=O)c3ccc(OC)cc3)c3ccccc3O2)cc1. The molecule has 8 nitrogen and oxygen atoms in total. The predicted octanol–water partition coefficient (Wildman–Crippen LogP) is 3.86. The van der Waals surface area contributed by atoms with E-state index in [1.807, 2.05) is 0 Å². The molecule has 0 bridgehead atoms. The van der Waals surface area contributed by atoms with Gasteiger partial charge >= 0.3 is 0 Å². The average molecular weight is 481 g/mol. The second-order valence-corrected chi connectivity index (χ2v) is 9.26. The van der Waals surface area contributed by atoms with Gasteiger partial charge in [0.15, 0.2) is 6.10 Å². The van der Waals surface area contributed by atoms with Gasteiger partial charge in [-0.25, -0.2) is 8.42 Å². The number of ether oxygens (including phenoxy) is 3. The molecule has 34 heavy (non-hydrogen) atoms. The van der Waals surface area contributed by atoms with Crippen LogP contribution in [0, 0.1) is 0 Å². The lowest BCUT2D eigenvalue weighted by Gasteiger charge is -2.34. The van der Waals surface area contributed by atoms with Crippen molar-refractivity contribution in [1.29, 1.82) is 0 Å². The highest BCUT2D eigenvalue weighted by molar-refractivity contribution is 7.92. The molecular weight excluding hydrogens is 456 g/mol. The summed E-state index contributed by atoms with van der Waals surface area (Å²) in [4.78, 5) is 13.1. The molecule has 1 atom stereocenters. The number of methoxy groups -OCH3 is 1. The Kier molecular flexibility index (Phi) is 6.74. The van der Waals surface area contributed by atoms with Crippen LogP contribution in [0.2, 0.25) is 0 Å². The van der Waals surface area contributed by atoms with Gasteiger partial charge in [-0.1, -0.05) is 24.8 Å². The van der Waals surface area contributed by atoms with Crippen LogP contribution in [0.4, 0.5) is 11.4 Å². The fourth-order valence-corrected chi connectivity index (χ4v) is 4.93. The van der Waals surface area contributed by atoms with Gasteiger partial charge < -0.3 is 19.5 Å². The van der Waals surface area contributed by atoms with E-state index in [-0.39, 0.29) is 11.4 Å². The van der Waals surface area contributed by atoms with Crippen LogP contribution < -0.4 is 23.8 Å². The van der Waals surface area contributed by atoms with Crippen LogP contribution in [0.15, 0.2) is 90.3 Å². The fourth-order valence-electron chi connectivity index (χ4n) is 3.45. The van der Waals surface area contributed by atoms with Gasteiger partial charge in [0, 0.05) is 5.69 Å². The van der Waals surface area contributed by atoms with Crippen LogP contribution in [0.25, 0.3) is 0 Å². The van der Waals surface area contributed by atoms with Crippen molar-refractivity contribution >= 4 is 27.3 Å². The van der Waals surface area contributed by atoms with Crippen molar-refractivity contribution in [3.63, 3.8) is 0 Å². The first kappa shape index (κ1) is 23.2. The minimum Gasteiger partial charge on any atom is -0.497 e. The van der Waals surface area contributed by atoms with Gasteiger partial charge in [-0.2, -0.15) is 0 Å². The van der Waals surface area contributed by atoms with E-state index in [0.717, 1.165) is 0 Å². The number of sulfonamides is 1. The number of rotatable bonds is 8. The molecule has 176 valence electrons. The molecule has 0 unspecified atom stereocenters. The first-order valence-corrected chi connectivity index (χ1v) is 11.9. The summed E-state index contributed by atoms with van der Waals surface area (Å²) in [5.41, 5.74) is 0.897. The molecule has 0 spiro atoms. The van der Waals surface area contributed by atoms with Crippen molar-refractivity contribution < 1.29 is 27.4 Å². The molecule has 0 saturated carbocycles. The maximum Gasteiger partial charge on any atom is 0.267 e. The molecular formula is C25H24N2O6S. The van der Waals surface area contributed by atoms with Gasteiger partial charge in [0.2, 0.25) is 0 Å². The Labute approximate surface area is 198 Å². The van der Waals surface area contributed by atoms with Crippen molar-refractivity contribution in [3.05, 3.63) is 85.5 Å². The molecule has 1 N–H and O–H groups in total. The molecule has 0 radical (unpaired) electrons. The quantitative estimate of drug-likeness (QED) is 0.492. The maximum absolute atomic E-state index is 13.5. The van der Waals surface area contributed by atoms with E-state index < -0.39 is 22.0 Å². The zero-order valence-corrected chi connectivity index (χ0v) is 19.3. The summed E-state index contributed by atoms with van der Waals surface area (Å²) in [5.74, 6) is 1.01. The largest absolute Gasteiger partial charge is 0.497 e. The number of anilines is 2. The lowest BCUT2D eigenvalue weighted by Crippen LogP contribution is -2.48. The van der Waals surface area contributed by atoms with Crippen LogP contribution >= 0.6 is 0 Å². The second kappa shape index (κ2) is 9.88. The minimum absolute atomic E-state index is 0.0827. The van der Waals surface area contributed by atoms with Gasteiger partial charge in [-0.3, -0.25) is 9.10 Å². The molecule has 0 aromatic heterocycles. The standard InChI is InChI=1S/C25H24N2O6S/c1-3-16-32-20-10-8-18(9-11-20)26-25(28)24-17-27(22-6-4-5-7-23(22)33-24)34(29,30)21-14-12-19(31-2)13-15-21/h3-15,24H,1,16-17H2,2H3,(H,26,28)/t24-/m0/s1. The number of hydrogen-bond donors (Lipinski definition) is 1. The third-order valence-corrected chi connectivity index (χ3v) is 6.96. The van der Waals surface area contributed by atoms with Gasteiger partial charge in [0.25, 0.3) is 15.9 Å². The van der Waals surface area contributed by atoms with Crippen LogP contribution in [0.3, 0.4) is 0 Å². The lowest BCUT2D eigenvalue weighted by atomic mass is 10.2. The molecule has 4 rings (SSSR count). The Hall–Kier alpha value is -3.98. The normalized spacial score (nSPS) is 15.0. The molecule has 1 aliphatic rings. The first-order chi connectivity index (χ1) is 16.4. The third-order valence-electron chi connectivity index (χ3n) is 5.16. The van der Waals surface area contributed by atoms with Crippen molar-refractivity contribution in [3.8, 4) is 17.2 Å². The second-order valence-electron chi connectivity index (χ2n) is 7.40. The van der Waals surface area contributed by atoms with E-state index in [0.29, 0.717) is 35.2 Å². The van der Waals surface area contributed by atoms with Gasteiger partial charge in [-0.05, 0) is 60.7 Å². The highest BCUT2D eigenvalue weighted by Gasteiger charge is 2.37. The highest BCUT2D eigenvalue weighted by atomic mass is 32.2. The Bertz CT molecular complexity index is 1270. The predicted molar refractivity (Wildman–Crippen MR) is 129 cm³/mol. The molecule has 1 amide bonds. The van der Waals surface area contributed by atoms with Crippen molar-refractivity contribution in [1.82, 2.24) is 0 Å². The number of para-hydroxylation sites is 2. The van der Waals surface area contributed by atoms with Crippen molar-refractivity contribution in [2.45, 2.75) is 11.0 Å². The molecule has 1 aliphatic heterocycles. The maximum atomic E-state index is 13.5. The highest BCUT2D eigenvalue weighted by Crippen LogP contribution is 2.37. The van der Waals surface area contributed by atoms with Gasteiger partial charge in [0.05, 0.1) is 24.2 Å². The summed E-state index contributed by atoms with van der Waals surface area (Å²) >= 11 is 0. The van der Waals surface area contributed by atoms with E-state index in [1.165, 1.54) is 23.5 Å². The summed E-state index contributed by atoms with van der Waals surface area (Å²) in [6.07, 6.45) is 0.583. The average Bonchev–Trinajstić information content (AvgIpc) is 2.87. The number of nitrogens with zero attached hydrogens (tertiary/aromatic N) is 1. The Morgan fingerprint density at radius 2 is 1.76 bits per heavy atom. The van der Waals surface area contributed by atoms with E-state index >= 15 is 0 Å². The summed E-state index contributed by atoms with van der Waals surface area (Å²) in [5, 5.41) is 2.77. The Morgan fingerprint density at radius 1 is 1.09 bits per heavy atom. The van der Waals surface area contributed by atoms with Crippen LogP contribution in [-0.4, -0.2) is 40.7 Å². The van der Waals surface area contributed by atoms with E-state index in [2.05, 4.69) is 11.9 Å². The molecule has 1 heterocycles. The molecule has 3 aromatic rings. The number of hydrogen-bond acceptors (Lipinski definition) is 6. The number of carbonyl (C=O) groups excluding carboxylic acids is 1. The van der Waals surface area contributed by atoms with Crippen molar-refractivity contribution in [2.24, 2.45) is 0 Å². The van der Waals surface area contributed by atoms with Crippen molar-refractivity contribution in [2.75, 3.05) is 29.9 Å². The van der Waals surface area contributed by atoms with Crippen LogP contribution in [0.1, 0.15) is 0 Å². The zero-order valence-electron chi connectivity index (χ0n) is 18.5. The Morgan fingerprint density at radius 3 is 2.44 bits per heavy atom. The molecule has 0 fully saturated rings. The van der Waals surface area contributed by atoms with Gasteiger partial charge in [0.1, 0.15) is 23.9 Å². The number of fused-ring (bicyclic) bond motifs is 1. The van der Waals surface area contributed by atoms with Crippen LogP contribution in [-0.2, 0) is 14.8 Å².